The van der Waals surface area contributed by atoms with Crippen molar-refractivity contribution < 1.29 is 14.3 Å². The van der Waals surface area contributed by atoms with Gasteiger partial charge in [-0.3, -0.25) is 4.79 Å². The number of aromatic nitrogens is 4. The number of fused-ring (bicyclic) bond motifs is 2. The molecule has 4 aromatic rings. The van der Waals surface area contributed by atoms with E-state index in [2.05, 4.69) is 25.3 Å². The molecule has 0 radical (unpaired) electrons. The third-order valence-electron chi connectivity index (χ3n) is 4.43. The molecule has 3 aromatic heterocycles. The lowest BCUT2D eigenvalue weighted by atomic mass is 10.0. The summed E-state index contributed by atoms with van der Waals surface area (Å²) in [5, 5.41) is 3.74. The van der Waals surface area contributed by atoms with E-state index in [0.717, 1.165) is 16.5 Å². The quantitative estimate of drug-likeness (QED) is 0.469. The Hall–Kier alpha value is -3.68. The number of nitrogens with zero attached hydrogens (tertiary/aromatic N) is 2. The van der Waals surface area contributed by atoms with E-state index in [0.29, 0.717) is 23.1 Å². The number of amides is 1. The normalized spacial score (nSPS) is 12.2. The second kappa shape index (κ2) is 6.91. The first-order valence-corrected chi connectivity index (χ1v) is 8.38. The Morgan fingerprint density at radius 2 is 2.04 bits per heavy atom. The van der Waals surface area contributed by atoms with Gasteiger partial charge < -0.3 is 20.0 Å². The standard InChI is InChI=1S/C19H17N5O3/c1-27-19(26)16(6-11-8-20-14-5-3-2-4-13(11)14)24-18(25)12-7-15-17(21-9-12)23-10-22-15/h2-5,7-10,16,20H,6H2,1H3,(H,24,25)(H,21,22,23)/t16-/m0/s1. The van der Waals surface area contributed by atoms with E-state index in [1.54, 1.807) is 6.07 Å². The zero-order valence-electron chi connectivity index (χ0n) is 14.5. The number of nitrogens with one attached hydrogen (secondary N) is 3. The molecule has 1 atom stereocenters. The number of esters is 1. The molecule has 8 nitrogen and oxygen atoms in total. The number of benzene rings is 1. The zero-order valence-corrected chi connectivity index (χ0v) is 14.5. The molecule has 0 bridgehead atoms. The molecule has 0 saturated carbocycles. The number of imidazole rings is 1. The molecule has 3 N–H and O–H groups in total. The maximum atomic E-state index is 12.6. The number of carbonyl (C=O) groups is 2. The number of aromatic amines is 2. The third-order valence-corrected chi connectivity index (χ3v) is 4.43. The molecule has 3 heterocycles. The minimum Gasteiger partial charge on any atom is -0.467 e. The van der Waals surface area contributed by atoms with Crippen LogP contribution in [0.25, 0.3) is 22.1 Å². The number of ether oxygens (including phenoxy) is 1. The van der Waals surface area contributed by atoms with E-state index in [1.807, 2.05) is 30.5 Å². The Balaban J connectivity index is 1.58. The molecule has 0 spiro atoms. The molecule has 0 aliphatic rings. The number of para-hydroxylation sites is 1. The Labute approximate surface area is 154 Å². The van der Waals surface area contributed by atoms with Crippen molar-refractivity contribution in [1.82, 2.24) is 25.3 Å². The van der Waals surface area contributed by atoms with E-state index >= 15 is 0 Å². The maximum Gasteiger partial charge on any atom is 0.328 e. The van der Waals surface area contributed by atoms with Crippen LogP contribution in [0.3, 0.4) is 0 Å². The summed E-state index contributed by atoms with van der Waals surface area (Å²) in [4.78, 5) is 39.1. The summed E-state index contributed by atoms with van der Waals surface area (Å²) in [6.07, 6.45) is 5.08. The fourth-order valence-electron chi connectivity index (χ4n) is 3.05. The lowest BCUT2D eigenvalue weighted by molar-refractivity contribution is -0.142. The highest BCUT2D eigenvalue weighted by Gasteiger charge is 2.24. The van der Waals surface area contributed by atoms with Crippen LogP contribution < -0.4 is 5.32 Å². The zero-order chi connectivity index (χ0) is 18.8. The van der Waals surface area contributed by atoms with Gasteiger partial charge in [0.2, 0.25) is 0 Å². The molecule has 1 aromatic carbocycles. The van der Waals surface area contributed by atoms with E-state index < -0.39 is 17.9 Å². The summed E-state index contributed by atoms with van der Waals surface area (Å²) in [5.74, 6) is -0.918. The van der Waals surface area contributed by atoms with Crippen LogP contribution in [0.2, 0.25) is 0 Å². The van der Waals surface area contributed by atoms with Gasteiger partial charge in [0, 0.05) is 29.7 Å². The molecule has 8 heteroatoms. The smallest absolute Gasteiger partial charge is 0.328 e. The Kier molecular flexibility index (Phi) is 4.29. The topological polar surface area (TPSA) is 113 Å². The molecular formula is C19H17N5O3. The van der Waals surface area contributed by atoms with Gasteiger partial charge in [-0.15, -0.1) is 0 Å². The Bertz CT molecular complexity index is 1130. The third kappa shape index (κ3) is 3.24. The SMILES string of the molecule is COC(=O)[C@H](Cc1c[nH]c2ccccc12)NC(=O)c1cnc2nc[nH]c2c1. The van der Waals surface area contributed by atoms with Crippen molar-refractivity contribution in [1.29, 1.82) is 0 Å². The molecule has 0 saturated heterocycles. The second-order valence-corrected chi connectivity index (χ2v) is 6.11. The largest absolute Gasteiger partial charge is 0.467 e. The van der Waals surface area contributed by atoms with Crippen LogP contribution in [-0.2, 0) is 16.0 Å². The summed E-state index contributed by atoms with van der Waals surface area (Å²) in [6.45, 7) is 0. The van der Waals surface area contributed by atoms with Crippen molar-refractivity contribution in [2.75, 3.05) is 7.11 Å². The fourth-order valence-corrected chi connectivity index (χ4v) is 3.05. The molecule has 1 amide bonds. The van der Waals surface area contributed by atoms with Gasteiger partial charge in [-0.25, -0.2) is 14.8 Å². The van der Waals surface area contributed by atoms with Crippen LogP contribution in [0.4, 0.5) is 0 Å². The number of rotatable bonds is 5. The van der Waals surface area contributed by atoms with Crippen LogP contribution in [-0.4, -0.2) is 45.0 Å². The number of pyridine rings is 1. The van der Waals surface area contributed by atoms with Gasteiger partial charge in [-0.2, -0.15) is 0 Å². The van der Waals surface area contributed by atoms with Gasteiger partial charge in [-0.1, -0.05) is 18.2 Å². The highest BCUT2D eigenvalue weighted by atomic mass is 16.5. The van der Waals surface area contributed by atoms with Crippen molar-refractivity contribution in [2.45, 2.75) is 12.5 Å². The monoisotopic (exact) mass is 363 g/mol. The van der Waals surface area contributed by atoms with E-state index in [9.17, 15) is 9.59 Å². The molecule has 0 aliphatic carbocycles. The number of hydrogen-bond acceptors (Lipinski definition) is 5. The van der Waals surface area contributed by atoms with Crippen LogP contribution >= 0.6 is 0 Å². The maximum absolute atomic E-state index is 12.6. The predicted molar refractivity (Wildman–Crippen MR) is 99.2 cm³/mol. The summed E-state index contributed by atoms with van der Waals surface area (Å²) in [7, 11) is 1.30. The fraction of sp³-hybridized carbons (Fsp3) is 0.158. The number of carbonyl (C=O) groups excluding carboxylic acids is 2. The van der Waals surface area contributed by atoms with Crippen molar-refractivity contribution in [2.24, 2.45) is 0 Å². The minimum atomic E-state index is -0.820. The van der Waals surface area contributed by atoms with Crippen LogP contribution in [0.5, 0.6) is 0 Å². The predicted octanol–water partition coefficient (Wildman–Crippen LogP) is 1.95. The molecule has 0 aliphatic heterocycles. The van der Waals surface area contributed by atoms with Crippen molar-refractivity contribution in [3.05, 3.63) is 60.2 Å². The minimum absolute atomic E-state index is 0.308. The molecule has 0 unspecified atom stereocenters. The summed E-state index contributed by atoms with van der Waals surface area (Å²) in [5.41, 5.74) is 3.39. The Morgan fingerprint density at radius 3 is 2.89 bits per heavy atom. The van der Waals surface area contributed by atoms with Gasteiger partial charge in [0.25, 0.3) is 5.91 Å². The van der Waals surface area contributed by atoms with Gasteiger partial charge in [0.1, 0.15) is 6.04 Å². The molecular weight excluding hydrogens is 346 g/mol. The summed E-state index contributed by atoms with van der Waals surface area (Å²) >= 11 is 0. The average molecular weight is 363 g/mol. The highest BCUT2D eigenvalue weighted by molar-refractivity contribution is 5.98. The van der Waals surface area contributed by atoms with Gasteiger partial charge in [-0.05, 0) is 17.7 Å². The molecule has 27 heavy (non-hydrogen) atoms. The summed E-state index contributed by atoms with van der Waals surface area (Å²) < 4.78 is 4.87. The van der Waals surface area contributed by atoms with Crippen molar-refractivity contribution >= 4 is 33.9 Å². The van der Waals surface area contributed by atoms with E-state index in [-0.39, 0.29) is 0 Å². The first kappa shape index (κ1) is 16.8. The molecule has 0 fully saturated rings. The first-order valence-electron chi connectivity index (χ1n) is 8.38. The number of methoxy groups -OCH3 is 1. The summed E-state index contributed by atoms with van der Waals surface area (Å²) in [6, 6.07) is 8.60. The molecule has 4 rings (SSSR count). The van der Waals surface area contributed by atoms with Gasteiger partial charge in [0.05, 0.1) is 24.5 Å². The van der Waals surface area contributed by atoms with Crippen molar-refractivity contribution in [3.63, 3.8) is 0 Å². The van der Waals surface area contributed by atoms with E-state index in [1.165, 1.54) is 19.6 Å². The van der Waals surface area contributed by atoms with Gasteiger partial charge >= 0.3 is 5.97 Å². The van der Waals surface area contributed by atoms with Crippen molar-refractivity contribution in [3.8, 4) is 0 Å². The van der Waals surface area contributed by atoms with E-state index in [4.69, 9.17) is 4.74 Å². The van der Waals surface area contributed by atoms with Gasteiger partial charge in [0.15, 0.2) is 5.65 Å². The average Bonchev–Trinajstić information content (AvgIpc) is 3.33. The number of H-pyrrole nitrogens is 2. The first-order chi connectivity index (χ1) is 13.2. The molecule has 136 valence electrons. The highest BCUT2D eigenvalue weighted by Crippen LogP contribution is 2.19. The second-order valence-electron chi connectivity index (χ2n) is 6.11. The Morgan fingerprint density at radius 1 is 1.19 bits per heavy atom. The van der Waals surface area contributed by atoms with Crippen LogP contribution in [0.1, 0.15) is 15.9 Å². The lowest BCUT2D eigenvalue weighted by Gasteiger charge is -2.16. The van der Waals surface area contributed by atoms with Crippen LogP contribution in [0, 0.1) is 0 Å². The van der Waals surface area contributed by atoms with Crippen LogP contribution in [0.15, 0.2) is 49.1 Å². The number of hydrogen-bond donors (Lipinski definition) is 3. The lowest BCUT2D eigenvalue weighted by Crippen LogP contribution is -2.43.